The Hall–Kier alpha value is -2.81. The second kappa shape index (κ2) is 7.43. The number of hydrogen-bond donors (Lipinski definition) is 1. The minimum Gasteiger partial charge on any atom is -0.444 e. The van der Waals surface area contributed by atoms with Gasteiger partial charge in [-0.15, -0.1) is 0 Å². The van der Waals surface area contributed by atoms with Crippen LogP contribution in [0.15, 0.2) is 30.5 Å². The maximum atomic E-state index is 12.2. The Balaban J connectivity index is 1.84. The Morgan fingerprint density at radius 3 is 2.81 bits per heavy atom. The molecule has 1 aromatic carbocycles. The van der Waals surface area contributed by atoms with Gasteiger partial charge < -0.3 is 15.0 Å². The largest absolute Gasteiger partial charge is 0.444 e. The smallest absolute Gasteiger partial charge is 0.407 e. The van der Waals surface area contributed by atoms with Crippen molar-refractivity contribution in [1.29, 1.82) is 5.26 Å². The Morgan fingerprint density at radius 2 is 2.11 bits per heavy atom. The fourth-order valence-electron chi connectivity index (χ4n) is 3.65. The molecule has 1 aliphatic rings. The second-order valence-electron chi connectivity index (χ2n) is 8.23. The fourth-order valence-corrected chi connectivity index (χ4v) is 3.65. The maximum absolute atomic E-state index is 12.2. The predicted octanol–water partition coefficient (Wildman–Crippen LogP) is 3.85. The van der Waals surface area contributed by atoms with E-state index in [9.17, 15) is 10.1 Å². The van der Waals surface area contributed by atoms with Gasteiger partial charge in [-0.25, -0.2) is 4.79 Å². The van der Waals surface area contributed by atoms with Crippen LogP contribution in [0.4, 0.5) is 10.5 Å². The molecule has 2 heterocycles. The lowest BCUT2D eigenvalue weighted by Crippen LogP contribution is -2.51. The highest BCUT2D eigenvalue weighted by atomic mass is 16.6. The Kier molecular flexibility index (Phi) is 5.22. The van der Waals surface area contributed by atoms with Gasteiger partial charge in [0.15, 0.2) is 0 Å². The van der Waals surface area contributed by atoms with E-state index in [1.165, 1.54) is 0 Å². The number of ether oxygens (including phenoxy) is 1. The summed E-state index contributed by atoms with van der Waals surface area (Å²) in [6.45, 7) is 9.34. The van der Waals surface area contributed by atoms with Crippen LogP contribution in [-0.4, -0.2) is 35.8 Å². The molecule has 1 aromatic heterocycles. The van der Waals surface area contributed by atoms with E-state index in [1.54, 1.807) is 6.20 Å². The van der Waals surface area contributed by atoms with Crippen LogP contribution in [0.3, 0.4) is 0 Å². The van der Waals surface area contributed by atoms with Crippen LogP contribution in [-0.2, 0) is 4.74 Å². The molecule has 1 amide bonds. The van der Waals surface area contributed by atoms with Crippen molar-refractivity contribution in [2.75, 3.05) is 18.0 Å². The molecule has 6 nitrogen and oxygen atoms in total. The summed E-state index contributed by atoms with van der Waals surface area (Å²) in [6, 6.07) is 9.89. The molecule has 0 saturated carbocycles. The topological polar surface area (TPSA) is 78.2 Å². The summed E-state index contributed by atoms with van der Waals surface area (Å²) in [5.41, 5.74) is 1.81. The van der Waals surface area contributed by atoms with Crippen LogP contribution in [0.1, 0.15) is 39.7 Å². The quantitative estimate of drug-likeness (QED) is 0.873. The molecule has 1 saturated heterocycles. The summed E-state index contributed by atoms with van der Waals surface area (Å²) in [5, 5.41) is 13.3. The van der Waals surface area contributed by atoms with E-state index in [0.29, 0.717) is 23.5 Å². The zero-order valence-corrected chi connectivity index (χ0v) is 16.3. The number of hydrogen-bond acceptors (Lipinski definition) is 5. The summed E-state index contributed by atoms with van der Waals surface area (Å²) < 4.78 is 5.40. The molecule has 0 spiro atoms. The number of pyridine rings is 1. The van der Waals surface area contributed by atoms with E-state index in [1.807, 2.05) is 45.0 Å². The van der Waals surface area contributed by atoms with E-state index >= 15 is 0 Å². The first-order valence-electron chi connectivity index (χ1n) is 9.29. The van der Waals surface area contributed by atoms with Crippen LogP contribution < -0.4 is 10.2 Å². The normalized spacial score (nSPS) is 20.2. The SMILES string of the molecule is C[C@H]1C[C@@H](NC(=O)OC(C)(C)C)CN(c2ccc(C#N)c3ncccc23)C1. The van der Waals surface area contributed by atoms with Crippen molar-refractivity contribution >= 4 is 22.7 Å². The first kappa shape index (κ1) is 19.0. The predicted molar refractivity (Wildman–Crippen MR) is 106 cm³/mol. The van der Waals surface area contributed by atoms with E-state index in [4.69, 9.17) is 4.74 Å². The van der Waals surface area contributed by atoms with Crippen molar-refractivity contribution in [3.8, 4) is 6.07 Å². The van der Waals surface area contributed by atoms with E-state index in [2.05, 4.69) is 28.2 Å². The fraction of sp³-hybridized carbons (Fsp3) is 0.476. The highest BCUT2D eigenvalue weighted by molar-refractivity contribution is 5.95. The molecular weight excluding hydrogens is 340 g/mol. The molecule has 27 heavy (non-hydrogen) atoms. The van der Waals surface area contributed by atoms with Crippen molar-refractivity contribution in [3.05, 3.63) is 36.0 Å². The number of benzene rings is 1. The monoisotopic (exact) mass is 366 g/mol. The van der Waals surface area contributed by atoms with Crippen molar-refractivity contribution in [2.45, 2.75) is 45.8 Å². The number of nitriles is 1. The third-order valence-corrected chi connectivity index (χ3v) is 4.59. The molecule has 0 unspecified atom stereocenters. The first-order chi connectivity index (χ1) is 12.8. The minimum atomic E-state index is -0.515. The van der Waals surface area contributed by atoms with Gasteiger partial charge in [0, 0.05) is 36.4 Å². The van der Waals surface area contributed by atoms with E-state index < -0.39 is 5.60 Å². The van der Waals surface area contributed by atoms with Gasteiger partial charge in [-0.05, 0) is 57.4 Å². The number of aromatic nitrogens is 1. The molecule has 0 aliphatic carbocycles. The van der Waals surface area contributed by atoms with Crippen molar-refractivity contribution in [2.24, 2.45) is 5.92 Å². The number of anilines is 1. The van der Waals surface area contributed by atoms with Gasteiger partial charge in [0.1, 0.15) is 11.7 Å². The van der Waals surface area contributed by atoms with Gasteiger partial charge in [0.25, 0.3) is 0 Å². The lowest BCUT2D eigenvalue weighted by Gasteiger charge is -2.38. The van der Waals surface area contributed by atoms with E-state index in [0.717, 1.165) is 24.0 Å². The molecular formula is C21H26N4O2. The number of nitrogens with one attached hydrogen (secondary N) is 1. The standard InChI is InChI=1S/C21H26N4O2/c1-14-10-16(24-20(26)27-21(2,3)4)13-25(12-14)18-8-7-15(11-22)19-17(18)6-5-9-23-19/h5-9,14,16H,10,12-13H2,1-4H3,(H,24,26)/t14-,16+/m0/s1. The number of carbonyl (C=O) groups is 1. The van der Waals surface area contributed by atoms with Gasteiger partial charge in [0.05, 0.1) is 11.1 Å². The average molecular weight is 366 g/mol. The summed E-state index contributed by atoms with van der Waals surface area (Å²) in [5.74, 6) is 0.418. The third kappa shape index (κ3) is 4.48. The molecule has 1 N–H and O–H groups in total. The van der Waals surface area contributed by atoms with E-state index in [-0.39, 0.29) is 12.1 Å². The molecule has 3 rings (SSSR count). The lowest BCUT2D eigenvalue weighted by molar-refractivity contribution is 0.0495. The number of rotatable bonds is 2. The summed E-state index contributed by atoms with van der Waals surface area (Å²) >= 11 is 0. The lowest BCUT2D eigenvalue weighted by atomic mass is 9.94. The number of fused-ring (bicyclic) bond motifs is 1. The molecule has 2 atom stereocenters. The zero-order chi connectivity index (χ0) is 19.6. The van der Waals surface area contributed by atoms with Crippen molar-refractivity contribution < 1.29 is 9.53 Å². The van der Waals surface area contributed by atoms with Gasteiger partial charge >= 0.3 is 6.09 Å². The molecule has 0 radical (unpaired) electrons. The summed E-state index contributed by atoms with van der Waals surface area (Å²) in [6.07, 6.45) is 2.23. The van der Waals surface area contributed by atoms with Crippen LogP contribution in [0, 0.1) is 17.2 Å². The molecule has 1 fully saturated rings. The van der Waals surface area contributed by atoms with Crippen molar-refractivity contribution in [3.63, 3.8) is 0 Å². The van der Waals surface area contributed by atoms with Crippen LogP contribution in [0.25, 0.3) is 10.9 Å². The zero-order valence-electron chi connectivity index (χ0n) is 16.3. The third-order valence-electron chi connectivity index (χ3n) is 4.59. The minimum absolute atomic E-state index is 0.00552. The molecule has 1 aliphatic heterocycles. The number of amides is 1. The maximum Gasteiger partial charge on any atom is 0.407 e. The highest BCUT2D eigenvalue weighted by Crippen LogP contribution is 2.31. The summed E-state index contributed by atoms with van der Waals surface area (Å²) in [7, 11) is 0. The highest BCUT2D eigenvalue weighted by Gasteiger charge is 2.28. The second-order valence-corrected chi connectivity index (χ2v) is 8.23. The van der Waals surface area contributed by atoms with Crippen molar-refractivity contribution in [1.82, 2.24) is 10.3 Å². The molecule has 2 aromatic rings. The Morgan fingerprint density at radius 1 is 1.33 bits per heavy atom. The average Bonchev–Trinajstić information content (AvgIpc) is 2.58. The number of alkyl carbamates (subject to hydrolysis) is 1. The Bertz CT molecular complexity index is 882. The van der Waals surface area contributed by atoms with Crippen LogP contribution in [0.5, 0.6) is 0 Å². The van der Waals surface area contributed by atoms with Crippen LogP contribution in [0.2, 0.25) is 0 Å². The first-order valence-corrected chi connectivity index (χ1v) is 9.29. The van der Waals surface area contributed by atoms with Gasteiger partial charge in [0.2, 0.25) is 0 Å². The van der Waals surface area contributed by atoms with Gasteiger partial charge in [-0.1, -0.05) is 6.92 Å². The van der Waals surface area contributed by atoms with Crippen LogP contribution >= 0.6 is 0 Å². The van der Waals surface area contributed by atoms with Gasteiger partial charge in [-0.2, -0.15) is 5.26 Å². The summed E-state index contributed by atoms with van der Waals surface area (Å²) in [4.78, 5) is 18.8. The van der Waals surface area contributed by atoms with Gasteiger partial charge in [-0.3, -0.25) is 4.98 Å². The number of nitrogens with zero attached hydrogens (tertiary/aromatic N) is 3. The molecule has 0 bridgehead atoms. The molecule has 142 valence electrons. The molecule has 6 heteroatoms. The Labute approximate surface area is 160 Å². The number of carbonyl (C=O) groups excluding carboxylic acids is 1. The number of piperidine rings is 1.